The molecule has 6 heteroatoms. The summed E-state index contributed by atoms with van der Waals surface area (Å²) in [6, 6.07) is 20.8. The van der Waals surface area contributed by atoms with Crippen molar-refractivity contribution in [2.45, 2.75) is 26.3 Å². The number of ether oxygens (including phenoxy) is 2. The van der Waals surface area contributed by atoms with E-state index < -0.39 is 0 Å². The Kier molecular flexibility index (Phi) is 6.76. The Bertz CT molecular complexity index is 1280. The van der Waals surface area contributed by atoms with Crippen LogP contribution in [-0.4, -0.2) is 23.3 Å². The minimum atomic E-state index is -0.0379. The highest BCUT2D eigenvalue weighted by molar-refractivity contribution is 6.32. The van der Waals surface area contributed by atoms with Crippen LogP contribution >= 0.6 is 11.6 Å². The molecule has 0 aliphatic rings. The van der Waals surface area contributed by atoms with Crippen LogP contribution in [0.1, 0.15) is 18.4 Å². The predicted octanol–water partition coefficient (Wildman–Crippen LogP) is 5.89. The van der Waals surface area contributed by atoms with Crippen LogP contribution in [0.25, 0.3) is 22.3 Å². The number of fused-ring (bicyclic) bond motifs is 1. The molecule has 5 nitrogen and oxygen atoms in total. The summed E-state index contributed by atoms with van der Waals surface area (Å²) in [5.74, 6) is 2.10. The fourth-order valence-corrected chi connectivity index (χ4v) is 3.78. The van der Waals surface area contributed by atoms with Crippen molar-refractivity contribution in [2.75, 3.05) is 13.7 Å². The zero-order valence-electron chi connectivity index (χ0n) is 18.2. The first-order valence-electron chi connectivity index (χ1n) is 10.6. The number of para-hydroxylation sites is 1. The standard InChI is InChI=1S/C26H25ClN2O3/c1-18-9-14-22(27)24(17-18)32-16-6-5-15-29-25(19-10-12-20(31-2)13-11-19)28-23-8-4-3-7-21(23)26(29)30/h3-4,7-14,17H,5-6,15-16H2,1-2H3. The van der Waals surface area contributed by atoms with Crippen molar-refractivity contribution in [3.05, 3.63) is 87.7 Å². The second-order valence-electron chi connectivity index (χ2n) is 7.63. The lowest BCUT2D eigenvalue weighted by atomic mass is 10.1. The van der Waals surface area contributed by atoms with Crippen LogP contribution < -0.4 is 15.0 Å². The number of rotatable bonds is 8. The smallest absolute Gasteiger partial charge is 0.261 e. The summed E-state index contributed by atoms with van der Waals surface area (Å²) in [5, 5.41) is 1.22. The minimum absolute atomic E-state index is 0.0379. The third-order valence-electron chi connectivity index (χ3n) is 5.33. The lowest BCUT2D eigenvalue weighted by Gasteiger charge is -2.14. The van der Waals surface area contributed by atoms with E-state index >= 15 is 0 Å². The van der Waals surface area contributed by atoms with Crippen LogP contribution in [0.5, 0.6) is 11.5 Å². The van der Waals surface area contributed by atoms with Crippen LogP contribution in [0.3, 0.4) is 0 Å². The molecule has 1 aromatic heterocycles. The summed E-state index contributed by atoms with van der Waals surface area (Å²) in [5.41, 5.74) is 2.62. The van der Waals surface area contributed by atoms with Crippen LogP contribution in [0.2, 0.25) is 5.02 Å². The number of nitrogens with zero attached hydrogens (tertiary/aromatic N) is 2. The second kappa shape index (κ2) is 9.88. The molecule has 0 amide bonds. The highest BCUT2D eigenvalue weighted by atomic mass is 35.5. The highest BCUT2D eigenvalue weighted by Crippen LogP contribution is 2.26. The molecule has 4 aromatic rings. The van der Waals surface area contributed by atoms with E-state index in [0.29, 0.717) is 40.7 Å². The van der Waals surface area contributed by atoms with Gasteiger partial charge in [0.05, 0.1) is 29.6 Å². The zero-order valence-corrected chi connectivity index (χ0v) is 18.9. The van der Waals surface area contributed by atoms with Crippen LogP contribution in [0.4, 0.5) is 0 Å². The van der Waals surface area contributed by atoms with Gasteiger partial charge in [-0.25, -0.2) is 4.98 Å². The summed E-state index contributed by atoms with van der Waals surface area (Å²) in [4.78, 5) is 18.1. The lowest BCUT2D eigenvalue weighted by Crippen LogP contribution is -2.24. The third kappa shape index (κ3) is 4.78. The molecule has 1 heterocycles. The summed E-state index contributed by atoms with van der Waals surface area (Å²) >= 11 is 6.20. The molecule has 0 spiro atoms. The van der Waals surface area contributed by atoms with Crippen molar-refractivity contribution in [1.29, 1.82) is 0 Å². The molecule has 0 radical (unpaired) electrons. The van der Waals surface area contributed by atoms with E-state index in [1.54, 1.807) is 11.7 Å². The van der Waals surface area contributed by atoms with E-state index in [0.717, 1.165) is 29.7 Å². The van der Waals surface area contributed by atoms with Gasteiger partial charge in [0.15, 0.2) is 0 Å². The van der Waals surface area contributed by atoms with Gasteiger partial charge in [-0.05, 0) is 73.9 Å². The monoisotopic (exact) mass is 448 g/mol. The highest BCUT2D eigenvalue weighted by Gasteiger charge is 2.13. The largest absolute Gasteiger partial charge is 0.497 e. The van der Waals surface area contributed by atoms with Crippen molar-refractivity contribution in [3.8, 4) is 22.9 Å². The molecule has 3 aromatic carbocycles. The maximum absolute atomic E-state index is 13.3. The number of hydrogen-bond donors (Lipinski definition) is 0. The Balaban J connectivity index is 1.54. The predicted molar refractivity (Wildman–Crippen MR) is 129 cm³/mol. The molecule has 0 aliphatic heterocycles. The quantitative estimate of drug-likeness (QED) is 0.315. The van der Waals surface area contributed by atoms with E-state index in [2.05, 4.69) is 0 Å². The Morgan fingerprint density at radius 3 is 2.56 bits per heavy atom. The van der Waals surface area contributed by atoms with Crippen LogP contribution in [-0.2, 0) is 6.54 Å². The summed E-state index contributed by atoms with van der Waals surface area (Å²) in [6.45, 7) is 3.07. The fourth-order valence-electron chi connectivity index (χ4n) is 3.61. The van der Waals surface area contributed by atoms with Crippen LogP contribution in [0.15, 0.2) is 71.5 Å². The van der Waals surface area contributed by atoms with Gasteiger partial charge in [-0.15, -0.1) is 0 Å². The molecule has 32 heavy (non-hydrogen) atoms. The molecular weight excluding hydrogens is 424 g/mol. The van der Waals surface area contributed by atoms with Crippen molar-refractivity contribution < 1.29 is 9.47 Å². The van der Waals surface area contributed by atoms with Gasteiger partial charge in [-0.3, -0.25) is 9.36 Å². The van der Waals surface area contributed by atoms with Crippen molar-refractivity contribution in [1.82, 2.24) is 9.55 Å². The Hall–Kier alpha value is -3.31. The molecule has 0 bridgehead atoms. The van der Waals surface area contributed by atoms with Crippen molar-refractivity contribution in [3.63, 3.8) is 0 Å². The average molecular weight is 449 g/mol. The molecule has 0 fully saturated rings. The average Bonchev–Trinajstić information content (AvgIpc) is 2.82. The molecule has 164 valence electrons. The zero-order chi connectivity index (χ0) is 22.5. The first-order valence-corrected chi connectivity index (χ1v) is 11.0. The number of unbranched alkanes of at least 4 members (excludes halogenated alkanes) is 1. The van der Waals surface area contributed by atoms with E-state index in [-0.39, 0.29) is 5.56 Å². The van der Waals surface area contributed by atoms with Gasteiger partial charge in [0, 0.05) is 12.1 Å². The van der Waals surface area contributed by atoms with Crippen molar-refractivity contribution >= 4 is 22.5 Å². The van der Waals surface area contributed by atoms with Gasteiger partial charge in [0.2, 0.25) is 0 Å². The van der Waals surface area contributed by atoms with Gasteiger partial charge in [-0.2, -0.15) is 0 Å². The molecule has 0 saturated carbocycles. The number of aryl methyl sites for hydroxylation is 1. The van der Waals surface area contributed by atoms with Gasteiger partial charge >= 0.3 is 0 Å². The molecule has 0 saturated heterocycles. The Morgan fingerprint density at radius 2 is 1.78 bits per heavy atom. The maximum atomic E-state index is 13.3. The number of methoxy groups -OCH3 is 1. The SMILES string of the molecule is COc1ccc(-c2nc3ccccc3c(=O)n2CCCCOc2cc(C)ccc2Cl)cc1. The molecule has 4 rings (SSSR count). The van der Waals surface area contributed by atoms with Gasteiger partial charge in [0.25, 0.3) is 5.56 Å². The van der Waals surface area contributed by atoms with Gasteiger partial charge < -0.3 is 9.47 Å². The normalized spacial score (nSPS) is 11.0. The fraction of sp³-hybridized carbons (Fsp3) is 0.231. The number of halogens is 1. The number of aromatic nitrogens is 2. The molecule has 0 unspecified atom stereocenters. The van der Waals surface area contributed by atoms with Crippen LogP contribution in [0, 0.1) is 6.92 Å². The third-order valence-corrected chi connectivity index (χ3v) is 5.64. The van der Waals surface area contributed by atoms with Gasteiger partial charge in [0.1, 0.15) is 17.3 Å². The summed E-state index contributed by atoms with van der Waals surface area (Å²) in [6.07, 6.45) is 1.55. The Morgan fingerprint density at radius 1 is 1.00 bits per heavy atom. The number of hydrogen-bond acceptors (Lipinski definition) is 4. The Labute approximate surface area is 192 Å². The molecule has 0 aliphatic carbocycles. The van der Waals surface area contributed by atoms with E-state index in [4.69, 9.17) is 26.1 Å². The van der Waals surface area contributed by atoms with Crippen molar-refractivity contribution in [2.24, 2.45) is 0 Å². The second-order valence-corrected chi connectivity index (χ2v) is 8.03. The molecule has 0 N–H and O–H groups in total. The van der Waals surface area contributed by atoms with Gasteiger partial charge in [-0.1, -0.05) is 29.8 Å². The summed E-state index contributed by atoms with van der Waals surface area (Å²) in [7, 11) is 1.63. The first-order chi connectivity index (χ1) is 15.6. The lowest BCUT2D eigenvalue weighted by molar-refractivity contribution is 0.303. The summed E-state index contributed by atoms with van der Waals surface area (Å²) < 4.78 is 12.9. The molecular formula is C26H25ClN2O3. The minimum Gasteiger partial charge on any atom is -0.497 e. The topological polar surface area (TPSA) is 53.3 Å². The maximum Gasteiger partial charge on any atom is 0.261 e. The number of benzene rings is 3. The van der Waals surface area contributed by atoms with E-state index in [1.807, 2.05) is 73.7 Å². The molecule has 0 atom stereocenters. The van der Waals surface area contributed by atoms with E-state index in [9.17, 15) is 4.79 Å². The van der Waals surface area contributed by atoms with E-state index in [1.165, 1.54) is 0 Å². The first kappa shape index (κ1) is 21.9.